The molecule has 2 unspecified atom stereocenters. The van der Waals surface area contributed by atoms with E-state index in [1.807, 2.05) is 37.3 Å². The average molecular weight is 375 g/mol. The quantitative estimate of drug-likeness (QED) is 0.549. The van der Waals surface area contributed by atoms with Gasteiger partial charge in [-0.05, 0) is 24.6 Å². The first-order chi connectivity index (χ1) is 12.4. The van der Waals surface area contributed by atoms with Crippen LogP contribution in [-0.2, 0) is 19.5 Å². The fourth-order valence-electron chi connectivity index (χ4n) is 2.83. The second-order valence-corrected chi connectivity index (χ2v) is 7.96. The Balaban J connectivity index is 2.04. The lowest BCUT2D eigenvalue weighted by Gasteiger charge is -2.29. The van der Waals surface area contributed by atoms with Gasteiger partial charge in [-0.1, -0.05) is 42.5 Å². The zero-order chi connectivity index (χ0) is 18.7. The molecule has 0 bridgehead atoms. The molecule has 3 rings (SSSR count). The normalized spacial score (nSPS) is 17.7. The number of nitrogens with zero attached hydrogens (tertiary/aromatic N) is 1. The Morgan fingerprint density at radius 2 is 1.81 bits per heavy atom. The lowest BCUT2D eigenvalue weighted by atomic mass is 10.1. The van der Waals surface area contributed by atoms with E-state index in [0.717, 1.165) is 5.56 Å². The molecule has 2 atom stereocenters. The molecule has 26 heavy (non-hydrogen) atoms. The van der Waals surface area contributed by atoms with Crippen LogP contribution >= 0.6 is 0 Å². The first-order valence-electron chi connectivity index (χ1n) is 8.31. The van der Waals surface area contributed by atoms with E-state index in [4.69, 9.17) is 9.47 Å². The number of hydrogen-bond acceptors (Lipinski definition) is 5. The standard InChI is InChI=1S/C19H21NO5S/c1-14(15-8-4-3-5-9-15)20(12-16-13-25-16)26(22,23)18-11-7-6-10-17(18)19(21)24-2/h3-11,14,16H,12-13H2,1-2H3. The minimum atomic E-state index is -3.94. The topological polar surface area (TPSA) is 76.2 Å². The summed E-state index contributed by atoms with van der Waals surface area (Å²) in [6.45, 7) is 2.59. The molecule has 1 heterocycles. The summed E-state index contributed by atoms with van der Waals surface area (Å²) in [7, 11) is -2.71. The molecule has 1 aliphatic rings. The smallest absolute Gasteiger partial charge is 0.339 e. The molecule has 0 aromatic heterocycles. The molecule has 1 fully saturated rings. The SMILES string of the molecule is COC(=O)c1ccccc1S(=O)(=O)N(CC1CO1)C(C)c1ccccc1. The van der Waals surface area contributed by atoms with E-state index in [1.165, 1.54) is 23.5 Å². The van der Waals surface area contributed by atoms with Crippen LogP contribution in [0.5, 0.6) is 0 Å². The molecular formula is C19H21NO5S. The molecule has 2 aromatic rings. The van der Waals surface area contributed by atoms with E-state index in [2.05, 4.69) is 0 Å². The molecule has 0 N–H and O–H groups in total. The van der Waals surface area contributed by atoms with Gasteiger partial charge < -0.3 is 9.47 Å². The van der Waals surface area contributed by atoms with Crippen molar-refractivity contribution < 1.29 is 22.7 Å². The van der Waals surface area contributed by atoms with Crippen molar-refractivity contribution in [2.45, 2.75) is 24.0 Å². The van der Waals surface area contributed by atoms with Crippen LogP contribution in [0.3, 0.4) is 0 Å². The van der Waals surface area contributed by atoms with Crippen molar-refractivity contribution in [3.8, 4) is 0 Å². The maximum absolute atomic E-state index is 13.4. The van der Waals surface area contributed by atoms with Gasteiger partial charge in [-0.15, -0.1) is 0 Å². The molecule has 1 aliphatic heterocycles. The number of epoxide rings is 1. The summed E-state index contributed by atoms with van der Waals surface area (Å²) in [6, 6.07) is 15.1. The van der Waals surface area contributed by atoms with Crippen molar-refractivity contribution in [1.82, 2.24) is 4.31 Å². The fourth-order valence-corrected chi connectivity index (χ4v) is 4.67. The predicted octanol–water partition coefficient (Wildman–Crippen LogP) is 2.62. The molecule has 1 saturated heterocycles. The van der Waals surface area contributed by atoms with E-state index in [0.29, 0.717) is 6.61 Å². The Bertz CT molecular complexity index is 878. The van der Waals surface area contributed by atoms with E-state index >= 15 is 0 Å². The summed E-state index contributed by atoms with van der Waals surface area (Å²) in [5, 5.41) is 0. The molecule has 0 aliphatic carbocycles. The summed E-state index contributed by atoms with van der Waals surface area (Å²) in [5.41, 5.74) is 0.893. The highest BCUT2D eigenvalue weighted by molar-refractivity contribution is 7.89. The van der Waals surface area contributed by atoms with Crippen molar-refractivity contribution in [1.29, 1.82) is 0 Å². The van der Waals surface area contributed by atoms with Crippen LogP contribution < -0.4 is 0 Å². The van der Waals surface area contributed by atoms with E-state index in [9.17, 15) is 13.2 Å². The monoisotopic (exact) mass is 375 g/mol. The first-order valence-corrected chi connectivity index (χ1v) is 9.75. The maximum atomic E-state index is 13.4. The lowest BCUT2D eigenvalue weighted by Crippen LogP contribution is -2.37. The van der Waals surface area contributed by atoms with Crippen molar-refractivity contribution in [2.24, 2.45) is 0 Å². The second kappa shape index (κ2) is 7.57. The Labute approximate surface area is 153 Å². The van der Waals surface area contributed by atoms with Gasteiger partial charge >= 0.3 is 5.97 Å². The number of carbonyl (C=O) groups is 1. The molecule has 2 aromatic carbocycles. The summed E-state index contributed by atoms with van der Waals surface area (Å²) < 4.78 is 38.2. The van der Waals surface area contributed by atoms with Gasteiger partial charge in [-0.3, -0.25) is 0 Å². The Hall–Kier alpha value is -2.22. The van der Waals surface area contributed by atoms with Crippen molar-refractivity contribution >= 4 is 16.0 Å². The minimum Gasteiger partial charge on any atom is -0.465 e. The Morgan fingerprint density at radius 1 is 1.19 bits per heavy atom. The lowest BCUT2D eigenvalue weighted by molar-refractivity contribution is 0.0596. The van der Waals surface area contributed by atoms with Crippen LogP contribution in [0.25, 0.3) is 0 Å². The number of benzene rings is 2. The van der Waals surface area contributed by atoms with Crippen molar-refractivity contribution in [3.63, 3.8) is 0 Å². The summed E-state index contributed by atoms with van der Waals surface area (Å²) in [6.07, 6.45) is -0.124. The van der Waals surface area contributed by atoms with Gasteiger partial charge in [0.25, 0.3) is 0 Å². The van der Waals surface area contributed by atoms with Crippen LogP contribution in [0.1, 0.15) is 28.9 Å². The largest absolute Gasteiger partial charge is 0.465 e. The van der Waals surface area contributed by atoms with E-state index < -0.39 is 22.0 Å². The van der Waals surface area contributed by atoms with Crippen LogP contribution in [-0.4, -0.2) is 45.1 Å². The molecule has 0 saturated carbocycles. The van der Waals surface area contributed by atoms with Gasteiger partial charge in [-0.25, -0.2) is 13.2 Å². The highest BCUT2D eigenvalue weighted by Crippen LogP contribution is 2.31. The highest BCUT2D eigenvalue weighted by Gasteiger charge is 2.37. The van der Waals surface area contributed by atoms with Gasteiger partial charge in [0.2, 0.25) is 10.0 Å². The van der Waals surface area contributed by atoms with Crippen LogP contribution in [0, 0.1) is 0 Å². The van der Waals surface area contributed by atoms with E-state index in [-0.39, 0.29) is 23.1 Å². The zero-order valence-electron chi connectivity index (χ0n) is 14.7. The number of hydrogen-bond donors (Lipinski definition) is 0. The number of methoxy groups -OCH3 is 1. The molecule has 0 spiro atoms. The van der Waals surface area contributed by atoms with Crippen LogP contribution in [0.15, 0.2) is 59.5 Å². The molecular weight excluding hydrogens is 354 g/mol. The molecule has 6 nitrogen and oxygen atoms in total. The van der Waals surface area contributed by atoms with Gasteiger partial charge in [-0.2, -0.15) is 4.31 Å². The van der Waals surface area contributed by atoms with Crippen LogP contribution in [0.2, 0.25) is 0 Å². The summed E-state index contributed by atoms with van der Waals surface area (Å²) in [5.74, 6) is -0.681. The summed E-state index contributed by atoms with van der Waals surface area (Å²) in [4.78, 5) is 12.0. The fraction of sp³-hybridized carbons (Fsp3) is 0.316. The molecule has 7 heteroatoms. The summed E-state index contributed by atoms with van der Waals surface area (Å²) >= 11 is 0. The third-order valence-corrected chi connectivity index (χ3v) is 6.37. The second-order valence-electron chi connectivity index (χ2n) is 6.10. The molecule has 0 amide bonds. The van der Waals surface area contributed by atoms with Crippen LogP contribution in [0.4, 0.5) is 0 Å². The number of rotatable bonds is 7. The molecule has 0 radical (unpaired) electrons. The Kier molecular flexibility index (Phi) is 5.41. The number of sulfonamides is 1. The highest BCUT2D eigenvalue weighted by atomic mass is 32.2. The number of ether oxygens (including phenoxy) is 2. The maximum Gasteiger partial charge on any atom is 0.339 e. The minimum absolute atomic E-state index is 0.0250. The van der Waals surface area contributed by atoms with Gasteiger partial charge in [0.05, 0.1) is 30.3 Å². The average Bonchev–Trinajstić information content (AvgIpc) is 3.50. The van der Waals surface area contributed by atoms with E-state index in [1.54, 1.807) is 12.1 Å². The van der Waals surface area contributed by atoms with Gasteiger partial charge in [0.15, 0.2) is 0 Å². The van der Waals surface area contributed by atoms with Gasteiger partial charge in [0, 0.05) is 12.6 Å². The number of carbonyl (C=O) groups excluding carboxylic acids is 1. The first kappa shape index (κ1) is 18.6. The van der Waals surface area contributed by atoms with Crippen molar-refractivity contribution in [2.75, 3.05) is 20.3 Å². The molecule has 138 valence electrons. The van der Waals surface area contributed by atoms with Gasteiger partial charge in [0.1, 0.15) is 0 Å². The zero-order valence-corrected chi connectivity index (χ0v) is 15.5. The number of esters is 1. The third-order valence-electron chi connectivity index (χ3n) is 4.38. The Morgan fingerprint density at radius 3 is 2.42 bits per heavy atom. The predicted molar refractivity (Wildman–Crippen MR) is 96.3 cm³/mol. The third kappa shape index (κ3) is 3.80. The van der Waals surface area contributed by atoms with Crippen molar-refractivity contribution in [3.05, 3.63) is 65.7 Å².